The molecule has 6 nitrogen and oxygen atoms in total. The highest BCUT2D eigenvalue weighted by Crippen LogP contribution is 2.40. The SMILES string of the molecule is c1ccc(-c2ccc3nc(-c4ccc5c(c4)c4cc(-c6nc7ccccc7s6)ccc4n5-c4ccc(-c5nc6ccccc6n5-c5ccccc5)cc4)oc3c2)cc1. The van der Waals surface area contributed by atoms with Gasteiger partial charge in [-0.05, 0) is 120 Å². The van der Waals surface area contributed by atoms with Crippen LogP contribution in [0.2, 0.25) is 0 Å². The van der Waals surface area contributed by atoms with Gasteiger partial charge in [-0.3, -0.25) is 4.57 Å². The molecule has 4 heterocycles. The van der Waals surface area contributed by atoms with Gasteiger partial charge in [-0.2, -0.15) is 0 Å². The van der Waals surface area contributed by atoms with Crippen molar-refractivity contribution in [2.24, 2.45) is 0 Å². The number of hydrogen-bond donors (Lipinski definition) is 0. The number of fused-ring (bicyclic) bond motifs is 6. The molecule has 272 valence electrons. The van der Waals surface area contributed by atoms with Crippen molar-refractivity contribution in [1.29, 1.82) is 0 Å². The van der Waals surface area contributed by atoms with Gasteiger partial charge in [0.05, 0.1) is 32.3 Å². The lowest BCUT2D eigenvalue weighted by Gasteiger charge is -2.12. The van der Waals surface area contributed by atoms with Crippen molar-refractivity contribution in [2.45, 2.75) is 0 Å². The average molecular weight is 762 g/mol. The zero-order valence-electron chi connectivity index (χ0n) is 31.0. The predicted octanol–water partition coefficient (Wildman–Crippen LogP) is 13.5. The van der Waals surface area contributed by atoms with Crippen LogP contribution in [0, 0.1) is 0 Å². The van der Waals surface area contributed by atoms with Gasteiger partial charge < -0.3 is 8.98 Å². The molecule has 58 heavy (non-hydrogen) atoms. The van der Waals surface area contributed by atoms with Gasteiger partial charge in [0, 0.05) is 38.8 Å². The second-order valence-electron chi connectivity index (χ2n) is 14.5. The third-order valence-electron chi connectivity index (χ3n) is 11.0. The molecule has 0 spiro atoms. The van der Waals surface area contributed by atoms with E-state index in [0.717, 1.165) is 99.5 Å². The van der Waals surface area contributed by atoms with Gasteiger partial charge in [-0.1, -0.05) is 78.9 Å². The largest absolute Gasteiger partial charge is 0.436 e. The van der Waals surface area contributed by atoms with Crippen LogP contribution in [0.1, 0.15) is 0 Å². The van der Waals surface area contributed by atoms with Crippen LogP contribution in [0.25, 0.3) is 110 Å². The Labute approximate surface area is 336 Å². The Morgan fingerprint density at radius 2 is 1.03 bits per heavy atom. The minimum absolute atomic E-state index is 0.594. The standard InChI is InChI=1S/C51H31N5OS/c1-3-11-32(12-4-1)34-21-26-42-47(31-34)57-50(53-42)35-22-27-44-39(29-35)40-30-36(51-54-43-16-8-10-18-48(43)58-51)23-28-45(40)55(44)38-24-19-33(20-25-38)49-52-41-15-7-9-17-46(41)56(49)37-13-5-2-6-14-37/h1-31H. The quantitative estimate of drug-likeness (QED) is 0.169. The highest BCUT2D eigenvalue weighted by Gasteiger charge is 2.19. The normalized spacial score (nSPS) is 11.8. The van der Waals surface area contributed by atoms with Gasteiger partial charge in [-0.25, -0.2) is 15.0 Å². The van der Waals surface area contributed by atoms with Crippen LogP contribution in [-0.2, 0) is 0 Å². The first-order valence-corrected chi connectivity index (χ1v) is 20.1. The zero-order chi connectivity index (χ0) is 38.2. The first kappa shape index (κ1) is 32.6. The van der Waals surface area contributed by atoms with E-state index in [1.54, 1.807) is 11.3 Å². The molecule has 0 atom stereocenters. The Morgan fingerprint density at radius 3 is 1.83 bits per heavy atom. The van der Waals surface area contributed by atoms with E-state index in [1.807, 2.05) is 30.3 Å². The first-order chi connectivity index (χ1) is 28.7. The fourth-order valence-electron chi connectivity index (χ4n) is 8.24. The summed E-state index contributed by atoms with van der Waals surface area (Å²) in [5.74, 6) is 1.50. The second-order valence-corrected chi connectivity index (χ2v) is 15.5. The summed E-state index contributed by atoms with van der Waals surface area (Å²) >= 11 is 1.72. The van der Waals surface area contributed by atoms with Crippen molar-refractivity contribution in [3.63, 3.8) is 0 Å². The third kappa shape index (κ3) is 5.29. The Hall–Kier alpha value is -7.61. The average Bonchev–Trinajstić information content (AvgIpc) is 4.08. The summed E-state index contributed by atoms with van der Waals surface area (Å²) in [5.41, 5.74) is 14.3. The van der Waals surface area contributed by atoms with Crippen LogP contribution in [-0.4, -0.2) is 24.1 Å². The molecule has 0 aliphatic carbocycles. The number of nitrogens with zero attached hydrogens (tertiary/aromatic N) is 5. The number of imidazole rings is 1. The summed E-state index contributed by atoms with van der Waals surface area (Å²) < 4.78 is 12.2. The van der Waals surface area contributed by atoms with Gasteiger partial charge >= 0.3 is 0 Å². The highest BCUT2D eigenvalue weighted by molar-refractivity contribution is 7.21. The summed E-state index contributed by atoms with van der Waals surface area (Å²) in [6, 6.07) is 65.6. The minimum Gasteiger partial charge on any atom is -0.436 e. The van der Waals surface area contributed by atoms with Gasteiger partial charge in [0.15, 0.2) is 5.58 Å². The molecule has 12 aromatic rings. The smallest absolute Gasteiger partial charge is 0.227 e. The van der Waals surface area contributed by atoms with E-state index in [4.69, 9.17) is 19.4 Å². The third-order valence-corrected chi connectivity index (χ3v) is 12.1. The summed E-state index contributed by atoms with van der Waals surface area (Å²) in [7, 11) is 0. The minimum atomic E-state index is 0.594. The predicted molar refractivity (Wildman–Crippen MR) is 238 cm³/mol. The highest BCUT2D eigenvalue weighted by atomic mass is 32.1. The maximum Gasteiger partial charge on any atom is 0.227 e. The molecule has 0 amide bonds. The maximum absolute atomic E-state index is 6.48. The van der Waals surface area contributed by atoms with Crippen LogP contribution < -0.4 is 0 Å². The van der Waals surface area contributed by atoms with Gasteiger partial charge in [0.1, 0.15) is 16.3 Å². The lowest BCUT2D eigenvalue weighted by molar-refractivity contribution is 0.620. The number of hydrogen-bond acceptors (Lipinski definition) is 5. The maximum atomic E-state index is 6.48. The van der Waals surface area contributed by atoms with E-state index in [1.165, 1.54) is 4.70 Å². The Morgan fingerprint density at radius 1 is 0.397 bits per heavy atom. The molecule has 0 bridgehead atoms. The Kier molecular flexibility index (Phi) is 7.30. The number of thiazole rings is 1. The number of oxazole rings is 1. The zero-order valence-corrected chi connectivity index (χ0v) is 31.8. The molecule has 7 heteroatoms. The van der Waals surface area contributed by atoms with E-state index in [-0.39, 0.29) is 0 Å². The molecule has 0 N–H and O–H groups in total. The molecule has 0 aliphatic heterocycles. The van der Waals surface area contributed by atoms with E-state index < -0.39 is 0 Å². The lowest BCUT2D eigenvalue weighted by atomic mass is 10.1. The number of aromatic nitrogens is 5. The van der Waals surface area contributed by atoms with Crippen molar-refractivity contribution in [2.75, 3.05) is 0 Å². The van der Waals surface area contributed by atoms with Crippen LogP contribution >= 0.6 is 11.3 Å². The van der Waals surface area contributed by atoms with Crippen molar-refractivity contribution in [3.05, 3.63) is 188 Å². The van der Waals surface area contributed by atoms with Crippen molar-refractivity contribution in [3.8, 4) is 55.9 Å². The molecular weight excluding hydrogens is 731 g/mol. The van der Waals surface area contributed by atoms with Crippen LogP contribution in [0.4, 0.5) is 0 Å². The molecule has 0 saturated heterocycles. The number of para-hydroxylation sites is 4. The van der Waals surface area contributed by atoms with Crippen LogP contribution in [0.5, 0.6) is 0 Å². The van der Waals surface area contributed by atoms with Gasteiger partial charge in [-0.15, -0.1) is 11.3 Å². The van der Waals surface area contributed by atoms with Crippen LogP contribution in [0.3, 0.4) is 0 Å². The number of benzene rings is 8. The van der Waals surface area contributed by atoms with E-state index in [0.29, 0.717) is 5.89 Å². The summed E-state index contributed by atoms with van der Waals surface area (Å²) in [4.78, 5) is 15.1. The summed E-state index contributed by atoms with van der Waals surface area (Å²) in [5, 5.41) is 3.24. The van der Waals surface area contributed by atoms with Crippen LogP contribution in [0.15, 0.2) is 192 Å². The van der Waals surface area contributed by atoms with Crippen molar-refractivity contribution >= 4 is 65.5 Å². The molecule has 0 radical (unpaired) electrons. The second kappa shape index (κ2) is 13.0. The van der Waals surface area contributed by atoms with Crippen molar-refractivity contribution in [1.82, 2.24) is 24.1 Å². The number of rotatable bonds is 6. The molecule has 4 aromatic heterocycles. The van der Waals surface area contributed by atoms with Gasteiger partial charge in [0.2, 0.25) is 5.89 Å². The molecular formula is C51H31N5OS. The van der Waals surface area contributed by atoms with E-state index in [9.17, 15) is 0 Å². The molecule has 0 saturated carbocycles. The molecule has 0 aliphatic rings. The molecule has 12 rings (SSSR count). The van der Waals surface area contributed by atoms with E-state index in [2.05, 4.69) is 167 Å². The first-order valence-electron chi connectivity index (χ1n) is 19.3. The molecule has 0 unspecified atom stereocenters. The van der Waals surface area contributed by atoms with E-state index >= 15 is 0 Å². The van der Waals surface area contributed by atoms with Gasteiger partial charge in [0.25, 0.3) is 0 Å². The monoisotopic (exact) mass is 761 g/mol. The Bertz CT molecular complexity index is 3470. The topological polar surface area (TPSA) is 61.7 Å². The molecule has 8 aromatic carbocycles. The fraction of sp³-hybridized carbons (Fsp3) is 0. The summed E-state index contributed by atoms with van der Waals surface area (Å²) in [6.07, 6.45) is 0. The Balaban J connectivity index is 1.01. The fourth-order valence-corrected chi connectivity index (χ4v) is 9.20. The lowest BCUT2D eigenvalue weighted by Crippen LogP contribution is -1.98. The molecule has 0 fully saturated rings. The summed E-state index contributed by atoms with van der Waals surface area (Å²) in [6.45, 7) is 0. The van der Waals surface area contributed by atoms with Crippen molar-refractivity contribution < 1.29 is 4.42 Å².